The fourth-order valence-corrected chi connectivity index (χ4v) is 6.47. The zero-order valence-electron chi connectivity index (χ0n) is 21.6. The molecule has 1 saturated heterocycles. The molecule has 16 heteroatoms. The third-order valence-electron chi connectivity index (χ3n) is 6.91. The quantitative estimate of drug-likeness (QED) is 0.327. The van der Waals surface area contributed by atoms with E-state index >= 15 is 0 Å². The van der Waals surface area contributed by atoms with Crippen molar-refractivity contribution in [1.82, 2.24) is 19.8 Å². The van der Waals surface area contributed by atoms with Gasteiger partial charge in [-0.3, -0.25) is 19.1 Å². The van der Waals surface area contributed by atoms with Crippen molar-refractivity contribution in [2.24, 2.45) is 5.73 Å². The molecule has 4 N–H and O–H groups in total. The zero-order chi connectivity index (χ0) is 30.3. The van der Waals surface area contributed by atoms with Crippen LogP contribution in [0.1, 0.15) is 30.0 Å². The lowest BCUT2D eigenvalue weighted by molar-refractivity contribution is -0.138. The van der Waals surface area contributed by atoms with Gasteiger partial charge >= 0.3 is 11.9 Å². The number of benzene rings is 2. The van der Waals surface area contributed by atoms with Gasteiger partial charge in [0.2, 0.25) is 5.91 Å². The third kappa shape index (κ3) is 6.61. The monoisotopic (exact) mass is 635 g/mol. The molecule has 3 aromatic rings. The van der Waals surface area contributed by atoms with Crippen molar-refractivity contribution in [3.8, 4) is 0 Å². The molecular weight excluding hydrogens is 610 g/mol. The molecule has 0 radical (unpaired) electrons. The van der Waals surface area contributed by atoms with E-state index in [0.717, 1.165) is 0 Å². The van der Waals surface area contributed by atoms with Gasteiger partial charge in [-0.2, -0.15) is 13.2 Å². The molecular formula is C25H26Cl2F3N5O5S. The van der Waals surface area contributed by atoms with Gasteiger partial charge in [0.15, 0.2) is 9.84 Å². The van der Waals surface area contributed by atoms with Crippen molar-refractivity contribution in [3.05, 3.63) is 71.8 Å². The van der Waals surface area contributed by atoms with Crippen LogP contribution in [-0.2, 0) is 33.9 Å². The second-order valence-corrected chi connectivity index (χ2v) is 12.7. The molecule has 10 nitrogen and oxygen atoms in total. The van der Waals surface area contributed by atoms with Gasteiger partial charge in [0.25, 0.3) is 5.56 Å². The Balaban J connectivity index is 1.80. The second-order valence-electron chi connectivity index (χ2n) is 9.68. The number of H-pyrrole nitrogens is 1. The van der Waals surface area contributed by atoms with Crippen LogP contribution in [-0.4, -0.2) is 60.2 Å². The Morgan fingerprint density at radius 3 is 2.54 bits per heavy atom. The molecule has 1 aliphatic rings. The molecule has 41 heavy (non-hydrogen) atoms. The van der Waals surface area contributed by atoms with Gasteiger partial charge in [-0.05, 0) is 41.8 Å². The molecule has 2 heterocycles. The van der Waals surface area contributed by atoms with Crippen LogP contribution in [0.3, 0.4) is 0 Å². The lowest BCUT2D eigenvalue weighted by Crippen LogP contribution is -2.38. The van der Waals surface area contributed by atoms with E-state index in [1.165, 1.54) is 25.1 Å². The van der Waals surface area contributed by atoms with E-state index in [0.29, 0.717) is 30.1 Å². The fourth-order valence-electron chi connectivity index (χ4n) is 4.86. The number of aromatic amines is 1. The number of carbonyl (C=O) groups excluding carboxylic acids is 1. The van der Waals surface area contributed by atoms with Crippen LogP contribution in [0.25, 0.3) is 10.9 Å². The van der Waals surface area contributed by atoms with Crippen molar-refractivity contribution in [1.29, 1.82) is 0 Å². The average Bonchev–Trinajstić information content (AvgIpc) is 3.34. The summed E-state index contributed by atoms with van der Waals surface area (Å²) in [5, 5.41) is 2.16. The molecule has 1 unspecified atom stereocenters. The zero-order valence-corrected chi connectivity index (χ0v) is 24.0. The maximum absolute atomic E-state index is 14.2. The Kier molecular flexibility index (Phi) is 8.90. The summed E-state index contributed by atoms with van der Waals surface area (Å²) >= 11 is 12.5. The summed E-state index contributed by atoms with van der Waals surface area (Å²) in [6.07, 6.45) is -4.33. The van der Waals surface area contributed by atoms with Crippen molar-refractivity contribution in [2.45, 2.75) is 43.5 Å². The Morgan fingerprint density at radius 1 is 1.20 bits per heavy atom. The number of aromatic nitrogens is 2. The first-order valence-corrected chi connectivity index (χ1v) is 14.8. The Hall–Kier alpha value is -2.91. The smallest absolute Gasteiger partial charge is 0.369 e. The molecule has 222 valence electrons. The van der Waals surface area contributed by atoms with Gasteiger partial charge in [0, 0.05) is 30.7 Å². The van der Waals surface area contributed by atoms with Crippen LogP contribution in [0.2, 0.25) is 10.0 Å². The molecule has 0 bridgehead atoms. The predicted octanol–water partition coefficient (Wildman–Crippen LogP) is 2.51. The Bertz CT molecular complexity index is 1740. The highest BCUT2D eigenvalue weighted by molar-refractivity contribution is 7.91. The molecule has 1 amide bonds. The summed E-state index contributed by atoms with van der Waals surface area (Å²) in [5.74, 6) is -0.828. The molecule has 0 aliphatic carbocycles. The summed E-state index contributed by atoms with van der Waals surface area (Å²) < 4.78 is 68.5. The number of nitrogens with zero attached hydrogens (tertiary/aromatic N) is 2. The van der Waals surface area contributed by atoms with Crippen LogP contribution in [0.4, 0.5) is 13.2 Å². The molecule has 1 aliphatic heterocycles. The lowest BCUT2D eigenvalue weighted by Gasteiger charge is -2.22. The summed E-state index contributed by atoms with van der Waals surface area (Å²) in [6, 6.07) is 4.34. The maximum Gasteiger partial charge on any atom is 0.416 e. The number of fused-ring (bicyclic) bond motifs is 1. The molecule has 0 saturated carbocycles. The number of hydrogen-bond acceptors (Lipinski definition) is 7. The fraction of sp³-hybridized carbons (Fsp3) is 0.400. The average molecular weight is 636 g/mol. The first kappa shape index (κ1) is 31.0. The van der Waals surface area contributed by atoms with Crippen LogP contribution in [0.15, 0.2) is 38.8 Å². The van der Waals surface area contributed by atoms with E-state index in [9.17, 15) is 36.0 Å². The number of hydrogen-bond donors (Lipinski definition) is 3. The first-order valence-electron chi connectivity index (χ1n) is 12.4. The summed E-state index contributed by atoms with van der Waals surface area (Å²) in [6.45, 7) is 1.28. The van der Waals surface area contributed by atoms with Gasteiger partial charge in [0.05, 0.1) is 45.2 Å². The lowest BCUT2D eigenvalue weighted by atomic mass is 10.0. The van der Waals surface area contributed by atoms with Crippen LogP contribution < -0.4 is 22.3 Å². The Morgan fingerprint density at radius 2 is 1.90 bits per heavy atom. The molecule has 1 atom stereocenters. The number of amides is 1. The molecule has 1 aromatic heterocycles. The number of primary amides is 1. The van der Waals surface area contributed by atoms with Gasteiger partial charge in [-0.1, -0.05) is 30.1 Å². The SMILES string of the molecule is CCS(=O)(=O)c1ccc(Cl)cc1Cn1c(=O)[nH]c2c(Cl)c(CN3CCC(NCC(N)=O)C3)c(C(F)(F)F)cc2c1=O. The standard InChI is InChI=1S/C25H26Cl2F3N5O5S/c1-2-41(39,40)19-4-3-14(26)7-13(19)10-35-23(37)16-8-18(25(28,29)30)17(21(27)22(16)33-24(35)38)12-34-6-5-15(11-34)32-9-20(31)36/h3-4,7-8,15,32H,2,5-6,9-12H2,1H3,(H2,31,36)(H,33,38). The number of nitrogens with two attached hydrogens (primary N) is 1. The van der Waals surface area contributed by atoms with Crippen molar-refractivity contribution in [3.63, 3.8) is 0 Å². The second kappa shape index (κ2) is 11.8. The topological polar surface area (TPSA) is 147 Å². The summed E-state index contributed by atoms with van der Waals surface area (Å²) in [5.41, 5.74) is 1.36. The summed E-state index contributed by atoms with van der Waals surface area (Å²) in [7, 11) is -3.78. The molecule has 4 rings (SSSR count). The van der Waals surface area contributed by atoms with Gasteiger partial charge in [-0.15, -0.1) is 0 Å². The van der Waals surface area contributed by atoms with Gasteiger partial charge < -0.3 is 16.0 Å². The minimum atomic E-state index is -4.89. The third-order valence-corrected chi connectivity index (χ3v) is 9.39. The van der Waals surface area contributed by atoms with Crippen LogP contribution in [0.5, 0.6) is 0 Å². The predicted molar refractivity (Wildman–Crippen MR) is 148 cm³/mol. The van der Waals surface area contributed by atoms with Crippen molar-refractivity contribution >= 4 is 49.8 Å². The van der Waals surface area contributed by atoms with Crippen LogP contribution >= 0.6 is 23.2 Å². The van der Waals surface area contributed by atoms with E-state index in [2.05, 4.69) is 10.3 Å². The highest BCUT2D eigenvalue weighted by Gasteiger charge is 2.37. The summed E-state index contributed by atoms with van der Waals surface area (Å²) in [4.78, 5) is 41.4. The number of halogens is 5. The number of rotatable bonds is 9. The molecule has 2 aromatic carbocycles. The largest absolute Gasteiger partial charge is 0.416 e. The number of nitrogens with one attached hydrogen (secondary N) is 2. The Labute approximate surface area is 242 Å². The highest BCUT2D eigenvalue weighted by atomic mass is 35.5. The van der Waals surface area contributed by atoms with E-state index < -0.39 is 55.7 Å². The van der Waals surface area contributed by atoms with E-state index in [1.54, 1.807) is 4.90 Å². The number of carbonyl (C=O) groups is 1. The maximum atomic E-state index is 14.2. The van der Waals surface area contributed by atoms with Gasteiger partial charge in [0.1, 0.15) is 0 Å². The molecule has 1 fully saturated rings. The van der Waals surface area contributed by atoms with Crippen molar-refractivity contribution < 1.29 is 26.4 Å². The highest BCUT2D eigenvalue weighted by Crippen LogP contribution is 2.39. The van der Waals surface area contributed by atoms with E-state index in [1.807, 2.05) is 0 Å². The minimum Gasteiger partial charge on any atom is -0.369 e. The van der Waals surface area contributed by atoms with Crippen LogP contribution in [0, 0.1) is 0 Å². The van der Waals surface area contributed by atoms with Gasteiger partial charge in [-0.25, -0.2) is 13.2 Å². The first-order chi connectivity index (χ1) is 19.1. The number of alkyl halides is 3. The normalized spacial score (nSPS) is 16.5. The van der Waals surface area contributed by atoms with E-state index in [4.69, 9.17) is 28.9 Å². The number of likely N-dealkylation sites (tertiary alicyclic amines) is 1. The van der Waals surface area contributed by atoms with E-state index in [-0.39, 0.29) is 51.4 Å². The molecule has 0 spiro atoms. The number of sulfone groups is 1. The minimum absolute atomic E-state index is 0.0265. The van der Waals surface area contributed by atoms with Crippen molar-refractivity contribution in [2.75, 3.05) is 25.4 Å².